The topological polar surface area (TPSA) is 94.0 Å². The van der Waals surface area contributed by atoms with E-state index in [-0.39, 0.29) is 5.91 Å². The summed E-state index contributed by atoms with van der Waals surface area (Å²) in [5.74, 6) is 2.33. The number of ether oxygens (including phenoxy) is 1. The number of benzene rings is 2. The van der Waals surface area contributed by atoms with Gasteiger partial charge in [-0.2, -0.15) is 0 Å². The summed E-state index contributed by atoms with van der Waals surface area (Å²) < 4.78 is 7.06. The third-order valence-electron chi connectivity index (χ3n) is 4.36. The number of carbonyl (C=O) groups is 1. The highest BCUT2D eigenvalue weighted by Crippen LogP contribution is 2.22. The first-order valence-corrected chi connectivity index (χ1v) is 9.28. The molecular formula is C22H20N6O2. The minimum Gasteiger partial charge on any atom is -0.496 e. The molecule has 2 aromatic heterocycles. The van der Waals surface area contributed by atoms with Gasteiger partial charge in [-0.25, -0.2) is 15.0 Å². The predicted octanol–water partition coefficient (Wildman–Crippen LogP) is 3.98. The highest BCUT2D eigenvalue weighted by Gasteiger charge is 2.11. The largest absolute Gasteiger partial charge is 0.496 e. The molecule has 0 bridgehead atoms. The number of amides is 1. The van der Waals surface area contributed by atoms with Crippen LogP contribution in [-0.4, -0.2) is 32.5 Å². The lowest BCUT2D eigenvalue weighted by Gasteiger charge is -2.11. The van der Waals surface area contributed by atoms with Crippen molar-refractivity contribution in [2.45, 2.75) is 6.92 Å². The van der Waals surface area contributed by atoms with E-state index in [1.54, 1.807) is 37.8 Å². The van der Waals surface area contributed by atoms with Crippen molar-refractivity contribution in [2.24, 2.45) is 0 Å². The summed E-state index contributed by atoms with van der Waals surface area (Å²) in [5.41, 5.74) is 1.99. The lowest BCUT2D eigenvalue weighted by atomic mass is 10.2. The Morgan fingerprint density at radius 1 is 1.03 bits per heavy atom. The summed E-state index contributed by atoms with van der Waals surface area (Å²) in [6.07, 6.45) is 5.21. The van der Waals surface area contributed by atoms with Crippen LogP contribution in [0.1, 0.15) is 16.2 Å². The van der Waals surface area contributed by atoms with E-state index >= 15 is 0 Å². The predicted molar refractivity (Wildman–Crippen MR) is 115 cm³/mol. The van der Waals surface area contributed by atoms with Crippen LogP contribution in [0.15, 0.2) is 73.3 Å². The smallest absolute Gasteiger partial charge is 0.259 e. The number of nitrogens with zero attached hydrogens (tertiary/aromatic N) is 4. The van der Waals surface area contributed by atoms with Gasteiger partial charge in [0.2, 0.25) is 0 Å². The van der Waals surface area contributed by atoms with Crippen LogP contribution in [-0.2, 0) is 0 Å². The van der Waals surface area contributed by atoms with Gasteiger partial charge >= 0.3 is 0 Å². The minimum absolute atomic E-state index is 0.232. The SMILES string of the molecule is COc1ccccc1C(=O)Nc1ccc(Nc2cc(-n3ccnc3)nc(C)n2)cc1. The van der Waals surface area contributed by atoms with Crippen molar-refractivity contribution >= 4 is 23.1 Å². The van der Waals surface area contributed by atoms with E-state index in [0.29, 0.717) is 28.6 Å². The number of aromatic nitrogens is 4. The fourth-order valence-electron chi connectivity index (χ4n) is 2.96. The second-order valence-electron chi connectivity index (χ2n) is 6.49. The van der Waals surface area contributed by atoms with Crippen LogP contribution < -0.4 is 15.4 Å². The van der Waals surface area contributed by atoms with Crippen molar-refractivity contribution in [1.82, 2.24) is 19.5 Å². The van der Waals surface area contributed by atoms with E-state index in [2.05, 4.69) is 25.6 Å². The number of para-hydroxylation sites is 1. The molecule has 0 unspecified atom stereocenters. The maximum absolute atomic E-state index is 12.5. The van der Waals surface area contributed by atoms with Crippen LogP contribution in [0.2, 0.25) is 0 Å². The molecule has 0 atom stereocenters. The molecule has 4 rings (SSSR count). The van der Waals surface area contributed by atoms with E-state index in [0.717, 1.165) is 11.5 Å². The molecule has 8 heteroatoms. The third kappa shape index (κ3) is 4.27. The van der Waals surface area contributed by atoms with Crippen molar-refractivity contribution < 1.29 is 9.53 Å². The summed E-state index contributed by atoms with van der Waals surface area (Å²) in [4.78, 5) is 25.4. The van der Waals surface area contributed by atoms with E-state index < -0.39 is 0 Å². The Morgan fingerprint density at radius 3 is 2.53 bits per heavy atom. The van der Waals surface area contributed by atoms with Gasteiger partial charge in [-0.05, 0) is 43.3 Å². The average Bonchev–Trinajstić information content (AvgIpc) is 3.30. The quantitative estimate of drug-likeness (QED) is 0.509. The van der Waals surface area contributed by atoms with Gasteiger partial charge in [0.1, 0.15) is 29.5 Å². The highest BCUT2D eigenvalue weighted by molar-refractivity contribution is 6.06. The van der Waals surface area contributed by atoms with E-state index in [4.69, 9.17) is 4.74 Å². The van der Waals surface area contributed by atoms with Crippen molar-refractivity contribution in [3.8, 4) is 11.6 Å². The number of aryl methyl sites for hydroxylation is 1. The van der Waals surface area contributed by atoms with Crippen molar-refractivity contribution in [2.75, 3.05) is 17.7 Å². The third-order valence-corrected chi connectivity index (χ3v) is 4.36. The monoisotopic (exact) mass is 400 g/mol. The molecule has 30 heavy (non-hydrogen) atoms. The standard InChI is InChI=1S/C22H20N6O2/c1-15-24-20(13-21(25-15)28-12-11-23-14-28)26-16-7-9-17(10-8-16)27-22(29)18-5-3-4-6-19(18)30-2/h3-14H,1-2H3,(H,27,29)(H,24,25,26). The van der Waals surface area contributed by atoms with Crippen LogP contribution in [0, 0.1) is 6.92 Å². The molecule has 0 aliphatic rings. The number of nitrogens with one attached hydrogen (secondary N) is 2. The second-order valence-corrected chi connectivity index (χ2v) is 6.49. The van der Waals surface area contributed by atoms with Gasteiger partial charge in [-0.15, -0.1) is 0 Å². The van der Waals surface area contributed by atoms with Gasteiger partial charge in [0.25, 0.3) is 5.91 Å². The Hall–Kier alpha value is -4.20. The molecular weight excluding hydrogens is 380 g/mol. The van der Waals surface area contributed by atoms with Crippen LogP contribution in [0.5, 0.6) is 5.75 Å². The Labute approximate surface area is 173 Å². The van der Waals surface area contributed by atoms with Crippen LogP contribution in [0.3, 0.4) is 0 Å². The molecule has 2 heterocycles. The number of methoxy groups -OCH3 is 1. The van der Waals surface area contributed by atoms with E-state index in [1.165, 1.54) is 0 Å². The molecule has 1 amide bonds. The van der Waals surface area contributed by atoms with Crippen LogP contribution in [0.25, 0.3) is 5.82 Å². The van der Waals surface area contributed by atoms with Gasteiger partial charge in [0.05, 0.1) is 12.7 Å². The molecule has 0 fully saturated rings. The number of anilines is 3. The highest BCUT2D eigenvalue weighted by atomic mass is 16.5. The average molecular weight is 400 g/mol. The molecule has 0 spiro atoms. The zero-order valence-corrected chi connectivity index (χ0v) is 16.5. The molecule has 4 aromatic rings. The van der Waals surface area contributed by atoms with Gasteiger partial charge in [-0.1, -0.05) is 12.1 Å². The van der Waals surface area contributed by atoms with Crippen LogP contribution >= 0.6 is 0 Å². The first-order chi connectivity index (χ1) is 14.6. The molecule has 8 nitrogen and oxygen atoms in total. The summed E-state index contributed by atoms with van der Waals surface area (Å²) in [5, 5.41) is 6.14. The lowest BCUT2D eigenvalue weighted by molar-refractivity contribution is 0.102. The molecule has 2 N–H and O–H groups in total. The summed E-state index contributed by atoms with van der Waals surface area (Å²) in [6.45, 7) is 1.84. The van der Waals surface area contributed by atoms with E-state index in [9.17, 15) is 4.79 Å². The summed E-state index contributed by atoms with van der Waals surface area (Å²) in [7, 11) is 1.54. The fraction of sp³-hybridized carbons (Fsp3) is 0.0909. The Kier molecular flexibility index (Phi) is 5.38. The molecule has 150 valence electrons. The van der Waals surface area contributed by atoms with E-state index in [1.807, 2.05) is 54.1 Å². The second kappa shape index (κ2) is 8.44. The minimum atomic E-state index is -0.232. The van der Waals surface area contributed by atoms with Gasteiger partial charge in [0.15, 0.2) is 0 Å². The summed E-state index contributed by atoms with van der Waals surface area (Å²) >= 11 is 0. The van der Waals surface area contributed by atoms with Crippen molar-refractivity contribution in [1.29, 1.82) is 0 Å². The lowest BCUT2D eigenvalue weighted by Crippen LogP contribution is -2.13. The number of rotatable bonds is 6. The molecule has 0 aliphatic carbocycles. The molecule has 0 aliphatic heterocycles. The molecule has 2 aromatic carbocycles. The van der Waals surface area contributed by atoms with Gasteiger partial charge in [-0.3, -0.25) is 9.36 Å². The van der Waals surface area contributed by atoms with Gasteiger partial charge in [0, 0.05) is 29.8 Å². The number of imidazole rings is 1. The number of hydrogen-bond acceptors (Lipinski definition) is 6. The zero-order chi connectivity index (χ0) is 20.9. The normalized spacial score (nSPS) is 10.5. The Bertz CT molecular complexity index is 1160. The maximum Gasteiger partial charge on any atom is 0.259 e. The Morgan fingerprint density at radius 2 is 1.80 bits per heavy atom. The Balaban J connectivity index is 1.47. The molecule has 0 saturated heterocycles. The summed E-state index contributed by atoms with van der Waals surface area (Å²) in [6, 6.07) is 16.3. The van der Waals surface area contributed by atoms with Crippen molar-refractivity contribution in [3.63, 3.8) is 0 Å². The first kappa shape index (κ1) is 19.1. The zero-order valence-electron chi connectivity index (χ0n) is 16.5. The number of carbonyl (C=O) groups excluding carboxylic acids is 1. The molecule has 0 radical (unpaired) electrons. The van der Waals surface area contributed by atoms with Crippen LogP contribution in [0.4, 0.5) is 17.2 Å². The first-order valence-electron chi connectivity index (χ1n) is 9.28. The maximum atomic E-state index is 12.5. The fourth-order valence-corrected chi connectivity index (χ4v) is 2.96. The van der Waals surface area contributed by atoms with Gasteiger partial charge < -0.3 is 15.4 Å². The number of hydrogen-bond donors (Lipinski definition) is 2. The van der Waals surface area contributed by atoms with Crippen molar-refractivity contribution in [3.05, 3.63) is 84.7 Å². The molecule has 0 saturated carbocycles.